The molecule has 0 amide bonds. The van der Waals surface area contributed by atoms with Gasteiger partial charge in [-0.2, -0.15) is 0 Å². The predicted molar refractivity (Wildman–Crippen MR) is 85.1 cm³/mol. The van der Waals surface area contributed by atoms with Gasteiger partial charge in [0.15, 0.2) is 5.76 Å². The molecule has 0 atom stereocenters. The summed E-state index contributed by atoms with van der Waals surface area (Å²) in [5, 5.41) is 38.1. The van der Waals surface area contributed by atoms with Gasteiger partial charge in [-0.15, -0.1) is 0 Å². The van der Waals surface area contributed by atoms with Gasteiger partial charge in [0.05, 0.1) is 0 Å². The normalized spacial score (nSPS) is 10.2. The molecular formula is C15H10K2O10S. The van der Waals surface area contributed by atoms with Crippen molar-refractivity contribution in [1.82, 2.24) is 0 Å². The van der Waals surface area contributed by atoms with Crippen molar-refractivity contribution in [3.05, 3.63) is 46.6 Å². The van der Waals surface area contributed by atoms with E-state index >= 15 is 0 Å². The molecule has 28 heavy (non-hydrogen) atoms. The fraction of sp³-hybridized carbons (Fsp3) is 0. The molecule has 2 aromatic carbocycles. The van der Waals surface area contributed by atoms with Crippen LogP contribution < -0.4 is 108 Å². The van der Waals surface area contributed by atoms with Crippen molar-refractivity contribution in [2.24, 2.45) is 0 Å². The van der Waals surface area contributed by atoms with Gasteiger partial charge >= 0.3 is 103 Å². The third-order valence-electron chi connectivity index (χ3n) is 3.06. The SMILES string of the molecule is O=S(=O)([O-])[O-].O=c1c(O)c(-c2ccc(O)cc2)oc2cc(O)cc(O)c12.[K+].[K+]. The second kappa shape index (κ2) is 11.4. The fourth-order valence-corrected chi connectivity index (χ4v) is 2.08. The molecule has 10 nitrogen and oxygen atoms in total. The van der Waals surface area contributed by atoms with Crippen LogP contribution in [0.4, 0.5) is 0 Å². The molecule has 0 radical (unpaired) electrons. The summed E-state index contributed by atoms with van der Waals surface area (Å²) >= 11 is 0. The van der Waals surface area contributed by atoms with Crippen molar-refractivity contribution >= 4 is 21.4 Å². The van der Waals surface area contributed by atoms with Gasteiger partial charge in [0.1, 0.15) is 28.2 Å². The Bertz CT molecular complexity index is 1120. The molecular weight excluding hydrogens is 450 g/mol. The first-order valence-electron chi connectivity index (χ1n) is 6.65. The third kappa shape index (κ3) is 7.68. The zero-order chi connectivity index (χ0) is 19.6. The molecule has 0 unspecified atom stereocenters. The first-order valence-corrected chi connectivity index (χ1v) is 7.98. The fourth-order valence-electron chi connectivity index (χ4n) is 2.08. The molecule has 1 aromatic heterocycles. The molecule has 0 bridgehead atoms. The van der Waals surface area contributed by atoms with E-state index in [1.807, 2.05) is 0 Å². The topological polar surface area (TPSA) is 191 Å². The minimum atomic E-state index is -5.17. The van der Waals surface area contributed by atoms with Crippen LogP contribution in [0.5, 0.6) is 23.0 Å². The number of hydrogen-bond donors (Lipinski definition) is 4. The molecule has 13 heteroatoms. The van der Waals surface area contributed by atoms with Crippen molar-refractivity contribution < 1.29 is 145 Å². The first-order chi connectivity index (χ1) is 12.0. The molecule has 0 aliphatic rings. The van der Waals surface area contributed by atoms with Crippen LogP contribution in [-0.4, -0.2) is 37.9 Å². The van der Waals surface area contributed by atoms with E-state index in [2.05, 4.69) is 0 Å². The minimum absolute atomic E-state index is 0. The number of aromatic hydroxyl groups is 4. The molecule has 138 valence electrons. The standard InChI is InChI=1S/C15H10O6.2K.H2O4S/c16-8-3-1-7(2-4-8)15-14(20)13(19)12-10(18)5-9(17)6-11(12)21-15;;;1-5(2,3)4/h1-6,16-18,20H;;;(H2,1,2,3,4)/q;2*+1;/p-2. The van der Waals surface area contributed by atoms with Crippen LogP contribution >= 0.6 is 0 Å². The van der Waals surface area contributed by atoms with Crippen LogP contribution in [0.1, 0.15) is 0 Å². The third-order valence-corrected chi connectivity index (χ3v) is 3.06. The summed E-state index contributed by atoms with van der Waals surface area (Å²) in [4.78, 5) is 12.1. The van der Waals surface area contributed by atoms with Gasteiger partial charge in [0, 0.05) is 28.1 Å². The quantitative estimate of drug-likeness (QED) is 0.155. The Labute approximate surface area is 243 Å². The van der Waals surface area contributed by atoms with E-state index in [1.54, 1.807) is 0 Å². The maximum absolute atomic E-state index is 12.1. The summed E-state index contributed by atoms with van der Waals surface area (Å²) in [6, 6.07) is 7.82. The number of fused-ring (bicyclic) bond motifs is 1. The second-order valence-electron chi connectivity index (χ2n) is 4.90. The van der Waals surface area contributed by atoms with Crippen LogP contribution in [-0.2, 0) is 10.4 Å². The summed E-state index contributed by atoms with van der Waals surface area (Å²) in [6.45, 7) is 0. The zero-order valence-electron chi connectivity index (χ0n) is 14.6. The second-order valence-corrected chi connectivity index (χ2v) is 5.72. The Balaban J connectivity index is 0.000000934. The summed E-state index contributed by atoms with van der Waals surface area (Å²) in [6.07, 6.45) is 0. The number of benzene rings is 2. The van der Waals surface area contributed by atoms with Crippen LogP contribution in [0, 0.1) is 0 Å². The largest absolute Gasteiger partial charge is 1.00 e. The Morgan fingerprint density at radius 1 is 0.857 bits per heavy atom. The monoisotopic (exact) mass is 460 g/mol. The van der Waals surface area contributed by atoms with Gasteiger partial charge in [-0.3, -0.25) is 13.2 Å². The summed E-state index contributed by atoms with van der Waals surface area (Å²) in [5.41, 5.74) is -0.498. The van der Waals surface area contributed by atoms with E-state index in [0.29, 0.717) is 5.56 Å². The maximum atomic E-state index is 12.1. The number of phenols is 3. The summed E-state index contributed by atoms with van der Waals surface area (Å²) < 4.78 is 39.5. The molecule has 0 spiro atoms. The zero-order valence-corrected chi connectivity index (χ0v) is 21.7. The van der Waals surface area contributed by atoms with Crippen LogP contribution in [0.15, 0.2) is 45.6 Å². The summed E-state index contributed by atoms with van der Waals surface area (Å²) in [7, 11) is -5.17. The first kappa shape index (κ1) is 28.0. The minimum Gasteiger partial charge on any atom is -0.759 e. The van der Waals surface area contributed by atoms with Crippen LogP contribution in [0.25, 0.3) is 22.3 Å². The van der Waals surface area contributed by atoms with Gasteiger partial charge in [-0.1, -0.05) is 0 Å². The molecule has 0 saturated heterocycles. The van der Waals surface area contributed by atoms with Crippen molar-refractivity contribution in [2.45, 2.75) is 0 Å². The van der Waals surface area contributed by atoms with E-state index < -0.39 is 27.3 Å². The Kier molecular flexibility index (Phi) is 11.4. The number of hydrogen-bond acceptors (Lipinski definition) is 10. The average molecular weight is 460 g/mol. The molecule has 0 fully saturated rings. The van der Waals surface area contributed by atoms with Crippen LogP contribution in [0.3, 0.4) is 0 Å². The Morgan fingerprint density at radius 3 is 1.86 bits per heavy atom. The molecule has 0 saturated carbocycles. The molecule has 0 aliphatic carbocycles. The molecule has 3 aromatic rings. The average Bonchev–Trinajstić information content (AvgIpc) is 2.49. The van der Waals surface area contributed by atoms with Gasteiger partial charge in [-0.25, -0.2) is 0 Å². The van der Waals surface area contributed by atoms with E-state index in [1.165, 1.54) is 30.3 Å². The van der Waals surface area contributed by atoms with Crippen molar-refractivity contribution in [1.29, 1.82) is 0 Å². The van der Waals surface area contributed by atoms with Gasteiger partial charge < -0.3 is 33.9 Å². The Morgan fingerprint density at radius 2 is 1.36 bits per heavy atom. The smallest absolute Gasteiger partial charge is 0.759 e. The molecule has 4 N–H and O–H groups in total. The number of phenolic OH excluding ortho intramolecular Hbond substituents is 3. The van der Waals surface area contributed by atoms with Gasteiger partial charge in [0.25, 0.3) is 0 Å². The number of rotatable bonds is 1. The van der Waals surface area contributed by atoms with E-state index in [0.717, 1.165) is 6.07 Å². The van der Waals surface area contributed by atoms with E-state index in [9.17, 15) is 25.2 Å². The van der Waals surface area contributed by atoms with Crippen molar-refractivity contribution in [3.8, 4) is 34.3 Å². The van der Waals surface area contributed by atoms with Gasteiger partial charge in [0.2, 0.25) is 11.2 Å². The molecule has 0 aliphatic heterocycles. The van der Waals surface area contributed by atoms with Crippen molar-refractivity contribution in [3.63, 3.8) is 0 Å². The maximum Gasteiger partial charge on any atom is 1.00 e. The molecule has 1 heterocycles. The predicted octanol–water partition coefficient (Wildman–Crippen LogP) is -5.05. The van der Waals surface area contributed by atoms with Crippen LogP contribution in [0.2, 0.25) is 0 Å². The summed E-state index contributed by atoms with van der Waals surface area (Å²) in [5.74, 6) is -1.50. The Hall–Kier alpha value is -0.00727. The van der Waals surface area contributed by atoms with Crippen molar-refractivity contribution in [2.75, 3.05) is 0 Å². The van der Waals surface area contributed by atoms with E-state index in [-0.39, 0.29) is 131 Å². The van der Waals surface area contributed by atoms with Gasteiger partial charge in [-0.05, 0) is 24.3 Å². The van der Waals surface area contributed by atoms with E-state index in [4.69, 9.17) is 21.9 Å². The molecule has 3 rings (SSSR count).